The van der Waals surface area contributed by atoms with Crippen LogP contribution in [0.25, 0.3) is 5.57 Å². The molecule has 14 heavy (non-hydrogen) atoms. The first-order valence-corrected chi connectivity index (χ1v) is 4.13. The Bertz CT molecular complexity index is 558. The Balaban J connectivity index is 2.25. The molecule has 2 aliphatic rings. The van der Waals surface area contributed by atoms with Gasteiger partial charge in [0, 0.05) is 5.56 Å². The quantitative estimate of drug-likeness (QED) is 0.604. The van der Waals surface area contributed by atoms with Crippen molar-refractivity contribution >= 4 is 17.1 Å². The molecule has 0 N–H and O–H groups in total. The van der Waals surface area contributed by atoms with E-state index in [0.717, 1.165) is 16.8 Å². The summed E-state index contributed by atoms with van der Waals surface area (Å²) in [6, 6.07) is 7.49. The summed E-state index contributed by atoms with van der Waals surface area (Å²) >= 11 is 0. The zero-order valence-electron chi connectivity index (χ0n) is 7.10. The summed E-state index contributed by atoms with van der Waals surface area (Å²) in [6.07, 6.45) is 1.67. The molecule has 0 spiro atoms. The molecule has 0 saturated heterocycles. The van der Waals surface area contributed by atoms with Crippen molar-refractivity contribution in [2.24, 2.45) is 15.2 Å². The number of rotatable bonds is 0. The standard InChI is InChI=1S/C10H4N4/c11-4-6-1-2-9-7(3-6)8-5-12-14-10(8)13-9/h1-3,5H. The first-order valence-electron chi connectivity index (χ1n) is 4.13. The van der Waals surface area contributed by atoms with Crippen molar-refractivity contribution < 1.29 is 0 Å². The van der Waals surface area contributed by atoms with Crippen LogP contribution in [-0.4, -0.2) is 5.84 Å². The number of hydrogen-bond donors (Lipinski definition) is 0. The maximum Gasteiger partial charge on any atom is 0.184 e. The van der Waals surface area contributed by atoms with Crippen molar-refractivity contribution in [1.82, 2.24) is 0 Å². The van der Waals surface area contributed by atoms with Gasteiger partial charge in [-0.1, -0.05) is 0 Å². The van der Waals surface area contributed by atoms with E-state index in [1.165, 1.54) is 0 Å². The van der Waals surface area contributed by atoms with Crippen LogP contribution in [-0.2, 0) is 0 Å². The Hall–Kier alpha value is -2.28. The van der Waals surface area contributed by atoms with Crippen molar-refractivity contribution in [1.29, 1.82) is 5.26 Å². The van der Waals surface area contributed by atoms with Crippen molar-refractivity contribution in [3.8, 4) is 6.07 Å². The summed E-state index contributed by atoms with van der Waals surface area (Å²) < 4.78 is 0. The number of fused-ring (bicyclic) bond motifs is 3. The normalized spacial score (nSPS) is 15.6. The minimum Gasteiger partial charge on any atom is -0.226 e. The number of nitriles is 1. The highest BCUT2D eigenvalue weighted by atomic mass is 15.2. The third kappa shape index (κ3) is 0.783. The van der Waals surface area contributed by atoms with Gasteiger partial charge in [0.25, 0.3) is 0 Å². The Morgan fingerprint density at radius 1 is 1.29 bits per heavy atom. The Kier molecular flexibility index (Phi) is 1.21. The van der Waals surface area contributed by atoms with Crippen LogP contribution >= 0.6 is 0 Å². The van der Waals surface area contributed by atoms with Gasteiger partial charge in [-0.15, -0.1) is 5.11 Å². The molecule has 0 aromatic heterocycles. The molecular weight excluding hydrogens is 176 g/mol. The van der Waals surface area contributed by atoms with Crippen LogP contribution in [0.3, 0.4) is 0 Å². The highest BCUT2D eigenvalue weighted by Gasteiger charge is 2.23. The molecule has 3 rings (SSSR count). The van der Waals surface area contributed by atoms with Crippen molar-refractivity contribution in [2.45, 2.75) is 0 Å². The second-order valence-electron chi connectivity index (χ2n) is 3.04. The lowest BCUT2D eigenvalue weighted by molar-refractivity contribution is 1.31. The van der Waals surface area contributed by atoms with Crippen LogP contribution in [0, 0.1) is 11.3 Å². The van der Waals surface area contributed by atoms with Crippen LogP contribution in [0.15, 0.2) is 39.6 Å². The molecule has 64 valence electrons. The van der Waals surface area contributed by atoms with Gasteiger partial charge in [0.2, 0.25) is 0 Å². The van der Waals surface area contributed by atoms with Crippen molar-refractivity contribution in [3.05, 3.63) is 35.5 Å². The smallest absolute Gasteiger partial charge is 0.184 e. The number of nitrogens with zero attached hydrogens (tertiary/aromatic N) is 4. The molecule has 0 saturated carbocycles. The van der Waals surface area contributed by atoms with E-state index in [9.17, 15) is 0 Å². The van der Waals surface area contributed by atoms with Gasteiger partial charge in [-0.2, -0.15) is 10.4 Å². The van der Waals surface area contributed by atoms with Gasteiger partial charge < -0.3 is 0 Å². The lowest BCUT2D eigenvalue weighted by atomic mass is 10.0. The highest BCUT2D eigenvalue weighted by Crippen LogP contribution is 2.37. The average molecular weight is 180 g/mol. The van der Waals surface area contributed by atoms with E-state index < -0.39 is 0 Å². The van der Waals surface area contributed by atoms with Gasteiger partial charge in [0.15, 0.2) is 5.84 Å². The SMILES string of the molecule is N#Cc1ccc2c(c1)C1=CN=NC1=N2. The molecule has 0 unspecified atom stereocenters. The number of hydrogen-bond acceptors (Lipinski definition) is 4. The molecule has 2 aliphatic heterocycles. The summed E-state index contributed by atoms with van der Waals surface area (Å²) in [5, 5.41) is 16.4. The van der Waals surface area contributed by atoms with E-state index >= 15 is 0 Å². The molecule has 1 aromatic rings. The topological polar surface area (TPSA) is 60.9 Å². The largest absolute Gasteiger partial charge is 0.226 e. The Morgan fingerprint density at radius 2 is 2.21 bits per heavy atom. The molecule has 0 amide bonds. The van der Waals surface area contributed by atoms with Crippen LogP contribution in [0.5, 0.6) is 0 Å². The Morgan fingerprint density at radius 3 is 3.07 bits per heavy atom. The predicted molar refractivity (Wildman–Crippen MR) is 51.1 cm³/mol. The summed E-state index contributed by atoms with van der Waals surface area (Å²) in [5.41, 5.74) is 3.36. The fourth-order valence-electron chi connectivity index (χ4n) is 1.56. The molecule has 0 bridgehead atoms. The lowest BCUT2D eigenvalue weighted by Gasteiger charge is -1.96. The number of amidine groups is 1. The molecular formula is C10H4N4. The van der Waals surface area contributed by atoms with E-state index in [1.807, 2.05) is 12.1 Å². The maximum atomic E-state index is 8.76. The second kappa shape index (κ2) is 2.36. The van der Waals surface area contributed by atoms with Gasteiger partial charge in [0.1, 0.15) is 0 Å². The van der Waals surface area contributed by atoms with Crippen LogP contribution in [0.1, 0.15) is 11.1 Å². The Labute approximate surface area is 79.9 Å². The first kappa shape index (κ1) is 7.15. The minimum absolute atomic E-state index is 0.632. The molecule has 0 atom stereocenters. The molecule has 4 nitrogen and oxygen atoms in total. The van der Waals surface area contributed by atoms with Gasteiger partial charge >= 0.3 is 0 Å². The second-order valence-corrected chi connectivity index (χ2v) is 3.04. The molecule has 0 radical (unpaired) electrons. The fourth-order valence-corrected chi connectivity index (χ4v) is 1.56. The third-order valence-corrected chi connectivity index (χ3v) is 2.22. The van der Waals surface area contributed by atoms with E-state index in [2.05, 4.69) is 21.3 Å². The van der Waals surface area contributed by atoms with E-state index in [-0.39, 0.29) is 0 Å². The molecule has 0 aliphatic carbocycles. The molecule has 4 heteroatoms. The molecule has 0 fully saturated rings. The van der Waals surface area contributed by atoms with Gasteiger partial charge in [-0.05, 0) is 18.2 Å². The number of aliphatic imine (C=N–C) groups is 1. The van der Waals surface area contributed by atoms with Gasteiger partial charge in [-0.25, -0.2) is 4.99 Å². The highest BCUT2D eigenvalue weighted by molar-refractivity contribution is 6.29. The maximum absolute atomic E-state index is 8.76. The zero-order chi connectivity index (χ0) is 9.54. The average Bonchev–Trinajstić information content (AvgIpc) is 2.76. The fraction of sp³-hybridized carbons (Fsp3) is 0. The number of benzene rings is 1. The van der Waals surface area contributed by atoms with Gasteiger partial charge in [0.05, 0.1) is 29.1 Å². The summed E-state index contributed by atoms with van der Waals surface area (Å²) in [7, 11) is 0. The van der Waals surface area contributed by atoms with Crippen LogP contribution in [0.4, 0.5) is 5.69 Å². The zero-order valence-corrected chi connectivity index (χ0v) is 7.10. The lowest BCUT2D eigenvalue weighted by Crippen LogP contribution is -1.86. The summed E-state index contributed by atoms with van der Waals surface area (Å²) in [5.74, 6) is 0.648. The van der Waals surface area contributed by atoms with Crippen LogP contribution in [0.2, 0.25) is 0 Å². The summed E-state index contributed by atoms with van der Waals surface area (Å²) in [4.78, 5) is 4.27. The van der Waals surface area contributed by atoms with Crippen LogP contribution < -0.4 is 0 Å². The predicted octanol–water partition coefficient (Wildman–Crippen LogP) is 2.41. The van der Waals surface area contributed by atoms with E-state index in [4.69, 9.17) is 5.26 Å². The number of azo groups is 1. The monoisotopic (exact) mass is 180 g/mol. The summed E-state index contributed by atoms with van der Waals surface area (Å²) in [6.45, 7) is 0. The van der Waals surface area contributed by atoms with Gasteiger partial charge in [-0.3, -0.25) is 0 Å². The van der Waals surface area contributed by atoms with Crippen molar-refractivity contribution in [2.75, 3.05) is 0 Å². The molecule has 2 heterocycles. The third-order valence-electron chi connectivity index (χ3n) is 2.22. The molecule has 1 aromatic carbocycles. The van der Waals surface area contributed by atoms with Crippen molar-refractivity contribution in [3.63, 3.8) is 0 Å². The minimum atomic E-state index is 0.632. The van der Waals surface area contributed by atoms with E-state index in [1.54, 1.807) is 12.3 Å². The van der Waals surface area contributed by atoms with E-state index in [0.29, 0.717) is 11.4 Å². The first-order chi connectivity index (χ1) is 6.88.